The topological polar surface area (TPSA) is 49.4 Å². The fourth-order valence-electron chi connectivity index (χ4n) is 2.00. The first-order valence-corrected chi connectivity index (χ1v) is 5.79. The van der Waals surface area contributed by atoms with E-state index in [1.54, 1.807) is 4.90 Å². The molecule has 0 spiro atoms. The van der Waals surface area contributed by atoms with Crippen LogP contribution in [-0.4, -0.2) is 24.4 Å². The Hall–Kier alpha value is -1.84. The van der Waals surface area contributed by atoms with Crippen LogP contribution in [-0.2, 0) is 9.59 Å². The Bertz CT molecular complexity index is 456. The van der Waals surface area contributed by atoms with Gasteiger partial charge in [0.1, 0.15) is 12.6 Å². The summed E-state index contributed by atoms with van der Waals surface area (Å²) in [5, 5.41) is 2.70. The van der Waals surface area contributed by atoms with Crippen LogP contribution < -0.4 is 10.2 Å². The van der Waals surface area contributed by atoms with Gasteiger partial charge in [0.2, 0.25) is 11.8 Å². The maximum Gasteiger partial charge on any atom is 0.250 e. The molecule has 1 aromatic rings. The molecule has 0 aliphatic carbocycles. The smallest absolute Gasteiger partial charge is 0.250 e. The first kappa shape index (κ1) is 11.6. The highest BCUT2D eigenvalue weighted by atomic mass is 16.2. The van der Waals surface area contributed by atoms with E-state index in [0.717, 1.165) is 11.3 Å². The van der Waals surface area contributed by atoms with Crippen LogP contribution in [0.2, 0.25) is 0 Å². The number of carbonyl (C=O) groups excluding carboxylic acids is 2. The Balaban J connectivity index is 2.30. The van der Waals surface area contributed by atoms with E-state index in [1.165, 1.54) is 0 Å². The van der Waals surface area contributed by atoms with E-state index >= 15 is 0 Å². The average molecular weight is 232 g/mol. The van der Waals surface area contributed by atoms with Crippen LogP contribution in [0.3, 0.4) is 0 Å². The number of nitrogens with one attached hydrogen (secondary N) is 1. The van der Waals surface area contributed by atoms with Crippen LogP contribution in [0.25, 0.3) is 0 Å². The SMILES string of the molecule is CCC1NC(=O)CN(c2cccc(C)c2)C1=O. The molecule has 1 aliphatic rings. The third-order valence-electron chi connectivity index (χ3n) is 2.92. The molecule has 0 radical (unpaired) electrons. The molecular formula is C13H16N2O2. The molecule has 2 rings (SSSR count). The average Bonchev–Trinajstić information content (AvgIpc) is 2.31. The molecule has 1 aliphatic heterocycles. The Kier molecular flexibility index (Phi) is 3.13. The minimum absolute atomic E-state index is 0.0299. The maximum atomic E-state index is 12.1. The molecule has 4 heteroatoms. The zero-order chi connectivity index (χ0) is 12.4. The van der Waals surface area contributed by atoms with Gasteiger partial charge in [-0.05, 0) is 31.0 Å². The molecule has 2 amide bonds. The third kappa shape index (κ3) is 2.30. The summed E-state index contributed by atoms with van der Waals surface area (Å²) in [6.45, 7) is 3.97. The molecule has 4 nitrogen and oxygen atoms in total. The summed E-state index contributed by atoms with van der Waals surface area (Å²) in [7, 11) is 0. The van der Waals surface area contributed by atoms with Gasteiger partial charge in [-0.15, -0.1) is 0 Å². The Morgan fingerprint density at radius 3 is 2.82 bits per heavy atom. The van der Waals surface area contributed by atoms with Gasteiger partial charge < -0.3 is 10.2 Å². The second-order valence-corrected chi connectivity index (χ2v) is 4.29. The van der Waals surface area contributed by atoms with Crippen molar-refractivity contribution in [2.45, 2.75) is 26.3 Å². The van der Waals surface area contributed by atoms with Gasteiger partial charge in [-0.2, -0.15) is 0 Å². The van der Waals surface area contributed by atoms with Gasteiger partial charge in [0, 0.05) is 5.69 Å². The lowest BCUT2D eigenvalue weighted by atomic mass is 10.1. The first-order chi connectivity index (χ1) is 8.11. The van der Waals surface area contributed by atoms with E-state index in [1.807, 2.05) is 38.1 Å². The van der Waals surface area contributed by atoms with Gasteiger partial charge in [0.15, 0.2) is 0 Å². The molecule has 90 valence electrons. The van der Waals surface area contributed by atoms with Gasteiger partial charge in [0.25, 0.3) is 0 Å². The van der Waals surface area contributed by atoms with E-state index < -0.39 is 6.04 Å². The lowest BCUT2D eigenvalue weighted by Crippen LogP contribution is -2.58. The predicted octanol–water partition coefficient (Wildman–Crippen LogP) is 1.24. The van der Waals surface area contributed by atoms with Gasteiger partial charge in [-0.25, -0.2) is 0 Å². The third-order valence-corrected chi connectivity index (χ3v) is 2.92. The molecule has 1 unspecified atom stereocenters. The molecule has 1 aromatic carbocycles. The van der Waals surface area contributed by atoms with Crippen LogP contribution in [0, 0.1) is 6.92 Å². The molecule has 1 atom stereocenters. The normalized spacial score (nSPS) is 20.4. The molecule has 17 heavy (non-hydrogen) atoms. The van der Waals surface area contributed by atoms with Crippen LogP contribution in [0.5, 0.6) is 0 Å². The molecule has 1 saturated heterocycles. The summed E-state index contributed by atoms with van der Waals surface area (Å²) >= 11 is 0. The van der Waals surface area contributed by atoms with E-state index in [-0.39, 0.29) is 18.4 Å². The van der Waals surface area contributed by atoms with Crippen molar-refractivity contribution < 1.29 is 9.59 Å². The van der Waals surface area contributed by atoms with Gasteiger partial charge >= 0.3 is 0 Å². The van der Waals surface area contributed by atoms with E-state index in [9.17, 15) is 9.59 Å². The van der Waals surface area contributed by atoms with E-state index in [4.69, 9.17) is 0 Å². The fourth-order valence-corrected chi connectivity index (χ4v) is 2.00. The second-order valence-electron chi connectivity index (χ2n) is 4.29. The standard InChI is InChI=1S/C13H16N2O2/c1-3-11-13(17)15(8-12(16)14-11)10-6-4-5-9(2)7-10/h4-7,11H,3,8H2,1-2H3,(H,14,16). The lowest BCUT2D eigenvalue weighted by Gasteiger charge is -2.32. The first-order valence-electron chi connectivity index (χ1n) is 5.79. The summed E-state index contributed by atoms with van der Waals surface area (Å²) in [5.41, 5.74) is 1.87. The quantitative estimate of drug-likeness (QED) is 0.834. The fraction of sp³-hybridized carbons (Fsp3) is 0.385. The molecule has 0 bridgehead atoms. The summed E-state index contributed by atoms with van der Waals surface area (Å²) in [6.07, 6.45) is 0.618. The van der Waals surface area contributed by atoms with Crippen molar-refractivity contribution >= 4 is 17.5 Å². The molecule has 0 saturated carbocycles. The highest BCUT2D eigenvalue weighted by Gasteiger charge is 2.32. The zero-order valence-corrected chi connectivity index (χ0v) is 10.1. The van der Waals surface area contributed by atoms with E-state index in [2.05, 4.69) is 5.32 Å². The minimum Gasteiger partial charge on any atom is -0.343 e. The maximum absolute atomic E-state index is 12.1. The van der Waals surface area contributed by atoms with Crippen molar-refractivity contribution in [3.8, 4) is 0 Å². The van der Waals surface area contributed by atoms with Crippen LogP contribution >= 0.6 is 0 Å². The minimum atomic E-state index is -0.392. The van der Waals surface area contributed by atoms with Crippen molar-refractivity contribution in [3.05, 3.63) is 29.8 Å². The number of benzene rings is 1. The Morgan fingerprint density at radius 1 is 1.41 bits per heavy atom. The highest BCUT2D eigenvalue weighted by molar-refractivity contribution is 6.06. The van der Waals surface area contributed by atoms with Gasteiger partial charge in [0.05, 0.1) is 0 Å². The lowest BCUT2D eigenvalue weighted by molar-refractivity contribution is -0.131. The Labute approximate surface area is 101 Å². The Morgan fingerprint density at radius 2 is 2.18 bits per heavy atom. The van der Waals surface area contributed by atoms with Crippen molar-refractivity contribution in [2.24, 2.45) is 0 Å². The summed E-state index contributed by atoms with van der Waals surface area (Å²) < 4.78 is 0. The second kappa shape index (κ2) is 4.57. The summed E-state index contributed by atoms with van der Waals surface area (Å²) in [6, 6.07) is 7.25. The number of aryl methyl sites for hydroxylation is 1. The molecule has 1 N–H and O–H groups in total. The monoisotopic (exact) mass is 232 g/mol. The molecular weight excluding hydrogens is 216 g/mol. The summed E-state index contributed by atoms with van der Waals surface area (Å²) in [4.78, 5) is 25.2. The number of hydrogen-bond acceptors (Lipinski definition) is 2. The zero-order valence-electron chi connectivity index (χ0n) is 10.1. The number of amides is 2. The highest BCUT2D eigenvalue weighted by Crippen LogP contribution is 2.19. The number of anilines is 1. The van der Waals surface area contributed by atoms with Gasteiger partial charge in [-0.3, -0.25) is 9.59 Å². The van der Waals surface area contributed by atoms with Crippen LogP contribution in [0.15, 0.2) is 24.3 Å². The predicted molar refractivity (Wildman–Crippen MR) is 65.8 cm³/mol. The van der Waals surface area contributed by atoms with Crippen LogP contribution in [0.1, 0.15) is 18.9 Å². The number of carbonyl (C=O) groups is 2. The van der Waals surface area contributed by atoms with Crippen molar-refractivity contribution in [1.29, 1.82) is 0 Å². The summed E-state index contributed by atoms with van der Waals surface area (Å²) in [5.74, 6) is -0.129. The number of nitrogens with zero attached hydrogens (tertiary/aromatic N) is 1. The van der Waals surface area contributed by atoms with Crippen molar-refractivity contribution in [1.82, 2.24) is 5.32 Å². The number of piperazine rings is 1. The number of hydrogen-bond donors (Lipinski definition) is 1. The largest absolute Gasteiger partial charge is 0.343 e. The number of rotatable bonds is 2. The van der Waals surface area contributed by atoms with Crippen molar-refractivity contribution in [3.63, 3.8) is 0 Å². The molecule has 0 aromatic heterocycles. The van der Waals surface area contributed by atoms with Gasteiger partial charge in [-0.1, -0.05) is 19.1 Å². The van der Waals surface area contributed by atoms with E-state index in [0.29, 0.717) is 6.42 Å². The molecule has 1 heterocycles. The van der Waals surface area contributed by atoms with Crippen LogP contribution in [0.4, 0.5) is 5.69 Å². The molecule has 1 fully saturated rings. The van der Waals surface area contributed by atoms with Crippen molar-refractivity contribution in [2.75, 3.05) is 11.4 Å².